The number of benzene rings is 1. The first-order valence-electron chi connectivity index (χ1n) is 13.2. The van der Waals surface area contributed by atoms with Crippen LogP contribution in [0.1, 0.15) is 94.3 Å². The highest BCUT2D eigenvalue weighted by atomic mass is 16.5. The van der Waals surface area contributed by atoms with Crippen molar-refractivity contribution in [3.63, 3.8) is 0 Å². The summed E-state index contributed by atoms with van der Waals surface area (Å²) in [6.45, 7) is 5.89. The van der Waals surface area contributed by atoms with Crippen molar-refractivity contribution in [3.8, 4) is 11.3 Å². The van der Waals surface area contributed by atoms with Gasteiger partial charge in [-0.15, -0.1) is 0 Å². The number of carbonyl (C=O) groups is 2. The molecule has 2 N–H and O–H groups in total. The number of nitrogens with zero attached hydrogens (tertiary/aromatic N) is 1. The van der Waals surface area contributed by atoms with E-state index in [1.807, 2.05) is 0 Å². The van der Waals surface area contributed by atoms with Crippen molar-refractivity contribution in [2.24, 2.45) is 0 Å². The Balaban J connectivity index is 1.94. The van der Waals surface area contributed by atoms with Gasteiger partial charge >= 0.3 is 5.97 Å². The number of amides is 1. The topological polar surface area (TPSA) is 93.5 Å². The molecule has 0 aliphatic rings. The van der Waals surface area contributed by atoms with Crippen molar-refractivity contribution in [1.29, 1.82) is 0 Å². The van der Waals surface area contributed by atoms with Gasteiger partial charge in [-0.3, -0.25) is 4.79 Å². The highest BCUT2D eigenvalue weighted by Gasteiger charge is 2.21. The molecule has 0 aliphatic carbocycles. The standard InChI is InChI=1S/C28H43N3O4/c1-4-6-8-10-11-13-18-29-24(27(32)30-19-12-9-7-5-2)20-26-31-21-25(35-26)22-14-16-23(17-15-22)28(33)34-3/h14-17,21,24,29H,4-13,18-20H2,1-3H3,(H,30,32)/t24-/m0/s1. The predicted molar refractivity (Wildman–Crippen MR) is 139 cm³/mol. The molecule has 0 spiro atoms. The van der Waals surface area contributed by atoms with Crippen LogP contribution in [0.3, 0.4) is 0 Å². The number of ether oxygens (including phenoxy) is 1. The lowest BCUT2D eigenvalue weighted by Gasteiger charge is -2.17. The number of unbranched alkanes of at least 4 members (excludes halogenated alkanes) is 8. The van der Waals surface area contributed by atoms with Crippen LogP contribution in [0, 0.1) is 0 Å². The van der Waals surface area contributed by atoms with Gasteiger partial charge in [0.15, 0.2) is 11.7 Å². The van der Waals surface area contributed by atoms with Crippen LogP contribution in [0.15, 0.2) is 34.9 Å². The van der Waals surface area contributed by atoms with E-state index in [2.05, 4.69) is 29.5 Å². The lowest BCUT2D eigenvalue weighted by atomic mass is 10.1. The van der Waals surface area contributed by atoms with E-state index in [0.29, 0.717) is 30.2 Å². The van der Waals surface area contributed by atoms with Crippen LogP contribution in [-0.2, 0) is 16.0 Å². The summed E-state index contributed by atoms with van der Waals surface area (Å²) in [6, 6.07) is 6.60. The molecule has 2 rings (SSSR count). The van der Waals surface area contributed by atoms with Gasteiger partial charge in [-0.25, -0.2) is 9.78 Å². The smallest absolute Gasteiger partial charge is 0.337 e. The molecule has 0 aliphatic heterocycles. The van der Waals surface area contributed by atoms with Crippen molar-refractivity contribution in [3.05, 3.63) is 41.9 Å². The van der Waals surface area contributed by atoms with Crippen molar-refractivity contribution < 1.29 is 18.7 Å². The van der Waals surface area contributed by atoms with E-state index < -0.39 is 0 Å². The molecule has 1 atom stereocenters. The molecular formula is C28H43N3O4. The quantitative estimate of drug-likeness (QED) is 0.208. The number of oxazole rings is 1. The van der Waals surface area contributed by atoms with Gasteiger partial charge in [0.1, 0.15) is 0 Å². The first-order valence-corrected chi connectivity index (χ1v) is 13.2. The molecule has 194 valence electrons. The molecule has 7 heteroatoms. The Morgan fingerprint density at radius 3 is 2.23 bits per heavy atom. The van der Waals surface area contributed by atoms with E-state index in [-0.39, 0.29) is 17.9 Å². The summed E-state index contributed by atoms with van der Waals surface area (Å²) in [5.74, 6) is 0.731. The third kappa shape index (κ3) is 10.6. The van der Waals surface area contributed by atoms with Gasteiger partial charge < -0.3 is 19.8 Å². The van der Waals surface area contributed by atoms with E-state index in [0.717, 1.165) is 31.4 Å². The summed E-state index contributed by atoms with van der Waals surface area (Å²) in [4.78, 5) is 29.0. The minimum Gasteiger partial charge on any atom is -0.465 e. The Bertz CT molecular complexity index is 863. The fourth-order valence-corrected chi connectivity index (χ4v) is 3.93. The van der Waals surface area contributed by atoms with Crippen molar-refractivity contribution >= 4 is 11.9 Å². The second-order valence-electron chi connectivity index (χ2n) is 9.02. The number of hydrogen-bond donors (Lipinski definition) is 2. The molecule has 2 aromatic rings. The minimum atomic E-state index is -0.384. The second kappa shape index (κ2) is 16.9. The zero-order valence-electron chi connectivity index (χ0n) is 21.7. The van der Waals surface area contributed by atoms with Crippen molar-refractivity contribution in [2.45, 2.75) is 90.5 Å². The van der Waals surface area contributed by atoms with Gasteiger partial charge in [0, 0.05) is 18.5 Å². The van der Waals surface area contributed by atoms with Crippen LogP contribution in [0.4, 0.5) is 0 Å². The molecule has 0 unspecified atom stereocenters. The van der Waals surface area contributed by atoms with Crippen LogP contribution < -0.4 is 10.6 Å². The van der Waals surface area contributed by atoms with E-state index in [9.17, 15) is 9.59 Å². The van der Waals surface area contributed by atoms with Crippen LogP contribution in [0.25, 0.3) is 11.3 Å². The van der Waals surface area contributed by atoms with Gasteiger partial charge in [0.05, 0.1) is 24.9 Å². The van der Waals surface area contributed by atoms with Gasteiger partial charge in [-0.1, -0.05) is 77.3 Å². The Labute approximate surface area is 210 Å². The highest BCUT2D eigenvalue weighted by molar-refractivity contribution is 5.89. The van der Waals surface area contributed by atoms with Gasteiger partial charge in [-0.2, -0.15) is 0 Å². The molecule has 1 heterocycles. The summed E-state index contributed by atoms with van der Waals surface area (Å²) >= 11 is 0. The normalized spacial score (nSPS) is 11.9. The summed E-state index contributed by atoms with van der Waals surface area (Å²) in [5, 5.41) is 6.50. The van der Waals surface area contributed by atoms with E-state index >= 15 is 0 Å². The van der Waals surface area contributed by atoms with Crippen LogP contribution >= 0.6 is 0 Å². The Morgan fingerprint density at radius 1 is 0.914 bits per heavy atom. The molecule has 0 saturated heterocycles. The Morgan fingerprint density at radius 2 is 1.54 bits per heavy atom. The molecule has 1 aromatic carbocycles. The average Bonchev–Trinajstić information content (AvgIpc) is 3.35. The number of rotatable bonds is 18. The second-order valence-corrected chi connectivity index (χ2v) is 9.02. The van der Waals surface area contributed by atoms with E-state index in [4.69, 9.17) is 9.15 Å². The van der Waals surface area contributed by atoms with Crippen LogP contribution in [0.2, 0.25) is 0 Å². The van der Waals surface area contributed by atoms with Crippen molar-refractivity contribution in [2.75, 3.05) is 20.2 Å². The monoisotopic (exact) mass is 485 g/mol. The summed E-state index contributed by atoms with van der Waals surface area (Å²) in [6.07, 6.45) is 13.8. The first kappa shape index (κ1) is 28.6. The maximum atomic E-state index is 12.9. The van der Waals surface area contributed by atoms with Crippen LogP contribution in [0.5, 0.6) is 0 Å². The highest BCUT2D eigenvalue weighted by Crippen LogP contribution is 2.22. The third-order valence-electron chi connectivity index (χ3n) is 6.09. The molecule has 0 radical (unpaired) electrons. The van der Waals surface area contributed by atoms with Gasteiger partial charge in [0.25, 0.3) is 0 Å². The summed E-state index contributed by atoms with van der Waals surface area (Å²) in [7, 11) is 1.36. The molecule has 7 nitrogen and oxygen atoms in total. The predicted octanol–water partition coefficient (Wildman–Crippen LogP) is 5.69. The zero-order chi connectivity index (χ0) is 25.3. The number of nitrogens with one attached hydrogen (secondary N) is 2. The van der Waals surface area contributed by atoms with Crippen molar-refractivity contribution in [1.82, 2.24) is 15.6 Å². The molecule has 1 amide bonds. The maximum Gasteiger partial charge on any atom is 0.337 e. The largest absolute Gasteiger partial charge is 0.465 e. The van der Waals surface area contributed by atoms with Gasteiger partial charge in [0.2, 0.25) is 5.91 Å². The molecular weight excluding hydrogens is 442 g/mol. The maximum absolute atomic E-state index is 12.9. The Kier molecular flexibility index (Phi) is 13.8. The number of carbonyl (C=O) groups excluding carboxylic acids is 2. The summed E-state index contributed by atoms with van der Waals surface area (Å²) < 4.78 is 10.7. The average molecular weight is 486 g/mol. The molecule has 1 aromatic heterocycles. The zero-order valence-corrected chi connectivity index (χ0v) is 21.7. The van der Waals surface area contributed by atoms with Gasteiger partial charge in [-0.05, 0) is 31.5 Å². The fraction of sp³-hybridized carbons (Fsp3) is 0.607. The molecule has 0 saturated carbocycles. The SMILES string of the molecule is CCCCCCCCN[C@@H](Cc1ncc(-c2ccc(C(=O)OC)cc2)o1)C(=O)NCCCCCC. The van der Waals surface area contributed by atoms with Crippen LogP contribution in [-0.4, -0.2) is 43.1 Å². The number of esters is 1. The first-order chi connectivity index (χ1) is 17.1. The number of aromatic nitrogens is 1. The number of methoxy groups -OCH3 is 1. The third-order valence-corrected chi connectivity index (χ3v) is 6.09. The molecule has 35 heavy (non-hydrogen) atoms. The lowest BCUT2D eigenvalue weighted by Crippen LogP contribution is -2.46. The summed E-state index contributed by atoms with van der Waals surface area (Å²) in [5.41, 5.74) is 1.29. The number of hydrogen-bond acceptors (Lipinski definition) is 6. The Hall–Kier alpha value is -2.67. The lowest BCUT2D eigenvalue weighted by molar-refractivity contribution is -0.123. The minimum absolute atomic E-state index is 0.00494. The van der Waals surface area contributed by atoms with E-state index in [1.165, 1.54) is 52.1 Å². The fourth-order valence-electron chi connectivity index (χ4n) is 3.93. The molecule has 0 bridgehead atoms. The molecule has 0 fully saturated rings. The van der Waals surface area contributed by atoms with E-state index in [1.54, 1.807) is 30.5 Å².